The molecule has 0 aromatic carbocycles. The van der Waals surface area contributed by atoms with Gasteiger partial charge in [0.15, 0.2) is 0 Å². The predicted octanol–water partition coefficient (Wildman–Crippen LogP) is 2.40. The molecule has 1 aliphatic rings. The van der Waals surface area contributed by atoms with Gasteiger partial charge < -0.3 is 10.1 Å². The van der Waals surface area contributed by atoms with Crippen molar-refractivity contribution in [1.82, 2.24) is 5.32 Å². The molecule has 1 aromatic rings. The fraction of sp³-hybridized carbons (Fsp3) is 0.667. The first-order chi connectivity index (χ1) is 7.90. The van der Waals surface area contributed by atoms with E-state index in [1.54, 1.807) is 0 Å². The molecule has 2 nitrogen and oxygen atoms in total. The zero-order chi connectivity index (χ0) is 11.2. The minimum atomic E-state index is 0.392. The summed E-state index contributed by atoms with van der Waals surface area (Å²) in [5, 5.41) is 5.55. The molecule has 2 rings (SSSR count). The predicted molar refractivity (Wildman–Crippen MR) is 72.6 cm³/mol. The van der Waals surface area contributed by atoms with Gasteiger partial charge in [0, 0.05) is 22.4 Å². The van der Waals surface area contributed by atoms with Crippen LogP contribution in [0.2, 0.25) is 0 Å². The van der Waals surface area contributed by atoms with Gasteiger partial charge in [-0.05, 0) is 31.3 Å². The Balaban J connectivity index is 1.80. The molecule has 90 valence electrons. The summed E-state index contributed by atoms with van der Waals surface area (Å²) >= 11 is 3.86. The van der Waals surface area contributed by atoms with Gasteiger partial charge in [0.25, 0.3) is 0 Å². The monoisotopic (exact) mass is 257 g/mol. The van der Waals surface area contributed by atoms with E-state index in [1.807, 2.05) is 30.1 Å². The van der Waals surface area contributed by atoms with E-state index in [1.165, 1.54) is 11.3 Å². The van der Waals surface area contributed by atoms with Crippen LogP contribution in [0, 0.1) is 0 Å². The van der Waals surface area contributed by atoms with Crippen molar-refractivity contribution in [2.45, 2.75) is 25.0 Å². The van der Waals surface area contributed by atoms with Gasteiger partial charge in [-0.2, -0.15) is 11.8 Å². The number of aryl methyl sites for hydroxylation is 1. The Morgan fingerprint density at radius 3 is 3.19 bits per heavy atom. The summed E-state index contributed by atoms with van der Waals surface area (Å²) in [5.74, 6) is 2.29. The first-order valence-corrected chi connectivity index (χ1v) is 7.82. The molecule has 1 saturated heterocycles. The van der Waals surface area contributed by atoms with Crippen LogP contribution < -0.4 is 5.32 Å². The van der Waals surface area contributed by atoms with Gasteiger partial charge in [-0.1, -0.05) is 6.07 Å². The quantitative estimate of drug-likeness (QED) is 0.875. The number of thiophene rings is 1. The average Bonchev–Trinajstić information content (AvgIpc) is 2.84. The fourth-order valence-electron chi connectivity index (χ4n) is 2.01. The summed E-state index contributed by atoms with van der Waals surface area (Å²) in [6.07, 6.45) is 2.72. The molecule has 2 heterocycles. The number of likely N-dealkylation sites (N-methyl/N-ethyl adjacent to an activating group) is 1. The summed E-state index contributed by atoms with van der Waals surface area (Å²) in [6.45, 7) is 0.909. The summed E-state index contributed by atoms with van der Waals surface area (Å²) in [4.78, 5) is 1.48. The highest BCUT2D eigenvalue weighted by molar-refractivity contribution is 7.99. The third-order valence-electron chi connectivity index (χ3n) is 2.94. The molecule has 2 atom stereocenters. The zero-order valence-corrected chi connectivity index (χ0v) is 11.3. The van der Waals surface area contributed by atoms with Crippen LogP contribution in [0.4, 0.5) is 0 Å². The molecule has 0 aliphatic carbocycles. The topological polar surface area (TPSA) is 21.3 Å². The number of rotatable bonds is 5. The maximum atomic E-state index is 5.82. The number of thioether (sulfide) groups is 1. The SMILES string of the molecule is CNC(CCc1cccs1)C1CSCCO1. The molecule has 0 amide bonds. The average molecular weight is 257 g/mol. The Labute approximate surface area is 106 Å². The van der Waals surface area contributed by atoms with Crippen molar-refractivity contribution in [3.05, 3.63) is 22.4 Å². The second-order valence-corrected chi connectivity index (χ2v) is 6.18. The van der Waals surface area contributed by atoms with Crippen molar-refractivity contribution in [2.75, 3.05) is 25.2 Å². The Morgan fingerprint density at radius 2 is 2.56 bits per heavy atom. The van der Waals surface area contributed by atoms with E-state index in [-0.39, 0.29) is 0 Å². The van der Waals surface area contributed by atoms with E-state index in [4.69, 9.17) is 4.74 Å². The van der Waals surface area contributed by atoms with E-state index < -0.39 is 0 Å². The molecular weight excluding hydrogens is 238 g/mol. The number of hydrogen-bond acceptors (Lipinski definition) is 4. The van der Waals surface area contributed by atoms with Crippen LogP contribution in [-0.2, 0) is 11.2 Å². The summed E-state index contributed by atoms with van der Waals surface area (Å²) < 4.78 is 5.82. The molecule has 1 aliphatic heterocycles. The van der Waals surface area contributed by atoms with E-state index in [0.717, 1.165) is 24.5 Å². The van der Waals surface area contributed by atoms with Crippen molar-refractivity contribution in [1.29, 1.82) is 0 Å². The largest absolute Gasteiger partial charge is 0.375 e. The van der Waals surface area contributed by atoms with E-state index in [0.29, 0.717) is 12.1 Å². The van der Waals surface area contributed by atoms with Gasteiger partial charge in [0.2, 0.25) is 0 Å². The number of hydrogen-bond donors (Lipinski definition) is 1. The van der Waals surface area contributed by atoms with Crippen LogP contribution in [-0.4, -0.2) is 37.3 Å². The molecule has 4 heteroatoms. The molecule has 0 spiro atoms. The standard InChI is InChI=1S/C12H19NOS2/c1-13-11(12-9-15-8-6-14-12)5-4-10-3-2-7-16-10/h2-3,7,11-13H,4-6,8-9H2,1H3. The van der Waals surface area contributed by atoms with Crippen molar-refractivity contribution < 1.29 is 4.74 Å². The summed E-state index contributed by atoms with van der Waals surface area (Å²) in [6, 6.07) is 4.84. The second kappa shape index (κ2) is 6.64. The van der Waals surface area contributed by atoms with E-state index in [2.05, 4.69) is 22.8 Å². The Hall–Kier alpha value is -0.0300. The van der Waals surface area contributed by atoms with E-state index >= 15 is 0 Å². The Kier molecular flexibility index (Phi) is 5.16. The molecule has 0 radical (unpaired) electrons. The lowest BCUT2D eigenvalue weighted by atomic mass is 10.1. The Morgan fingerprint density at radius 1 is 1.62 bits per heavy atom. The molecule has 1 fully saturated rings. The first kappa shape index (κ1) is 12.4. The zero-order valence-electron chi connectivity index (χ0n) is 9.65. The fourth-order valence-corrected chi connectivity index (χ4v) is 3.67. The summed E-state index contributed by atoms with van der Waals surface area (Å²) in [7, 11) is 2.04. The lowest BCUT2D eigenvalue weighted by Gasteiger charge is -2.29. The van der Waals surface area contributed by atoms with Crippen molar-refractivity contribution in [2.24, 2.45) is 0 Å². The molecule has 1 N–H and O–H groups in total. The van der Waals surface area contributed by atoms with Gasteiger partial charge in [-0.3, -0.25) is 0 Å². The minimum absolute atomic E-state index is 0.392. The van der Waals surface area contributed by atoms with Crippen LogP contribution in [0.1, 0.15) is 11.3 Å². The molecule has 2 unspecified atom stereocenters. The first-order valence-electron chi connectivity index (χ1n) is 5.79. The molecule has 1 aromatic heterocycles. The summed E-state index contributed by atoms with van der Waals surface area (Å²) in [5.41, 5.74) is 0. The van der Waals surface area contributed by atoms with Gasteiger partial charge in [0.1, 0.15) is 0 Å². The second-order valence-electron chi connectivity index (χ2n) is 4.00. The van der Waals surface area contributed by atoms with E-state index in [9.17, 15) is 0 Å². The highest BCUT2D eigenvalue weighted by atomic mass is 32.2. The van der Waals surface area contributed by atoms with Gasteiger partial charge in [-0.25, -0.2) is 0 Å². The smallest absolute Gasteiger partial charge is 0.0818 e. The normalized spacial score (nSPS) is 23.2. The lowest BCUT2D eigenvalue weighted by Crippen LogP contribution is -2.43. The number of ether oxygens (including phenoxy) is 1. The van der Waals surface area contributed by atoms with Crippen LogP contribution in [0.3, 0.4) is 0 Å². The third kappa shape index (κ3) is 3.48. The van der Waals surface area contributed by atoms with Gasteiger partial charge in [-0.15, -0.1) is 11.3 Å². The highest BCUT2D eigenvalue weighted by Gasteiger charge is 2.23. The van der Waals surface area contributed by atoms with Crippen molar-refractivity contribution in [3.63, 3.8) is 0 Å². The molecule has 0 bridgehead atoms. The van der Waals surface area contributed by atoms with Crippen LogP contribution in [0.25, 0.3) is 0 Å². The minimum Gasteiger partial charge on any atom is -0.375 e. The maximum absolute atomic E-state index is 5.82. The number of nitrogens with one attached hydrogen (secondary N) is 1. The van der Waals surface area contributed by atoms with Crippen LogP contribution in [0.15, 0.2) is 17.5 Å². The lowest BCUT2D eigenvalue weighted by molar-refractivity contribution is 0.0470. The third-order valence-corrected chi connectivity index (χ3v) is 4.90. The molecule has 0 saturated carbocycles. The maximum Gasteiger partial charge on any atom is 0.0818 e. The van der Waals surface area contributed by atoms with Crippen LogP contribution in [0.5, 0.6) is 0 Å². The molecular formula is C12H19NOS2. The van der Waals surface area contributed by atoms with Crippen molar-refractivity contribution in [3.8, 4) is 0 Å². The highest BCUT2D eigenvalue weighted by Crippen LogP contribution is 2.19. The van der Waals surface area contributed by atoms with Gasteiger partial charge in [0.05, 0.1) is 12.7 Å². The Bertz CT molecular complexity index is 283. The van der Waals surface area contributed by atoms with Gasteiger partial charge >= 0.3 is 0 Å². The molecule has 16 heavy (non-hydrogen) atoms. The van der Waals surface area contributed by atoms with Crippen LogP contribution >= 0.6 is 23.1 Å². The van der Waals surface area contributed by atoms with Crippen molar-refractivity contribution >= 4 is 23.1 Å².